The predicted molar refractivity (Wildman–Crippen MR) is 103 cm³/mol. The van der Waals surface area contributed by atoms with E-state index >= 15 is 0 Å². The van der Waals surface area contributed by atoms with Crippen LogP contribution in [-0.2, 0) is 16.1 Å². The number of ether oxygens (including phenoxy) is 1. The van der Waals surface area contributed by atoms with Crippen LogP contribution in [0.15, 0.2) is 11.1 Å². The molecule has 2 aliphatic heterocycles. The number of aliphatic hydroxyl groups is 1. The Morgan fingerprint density at radius 2 is 2.15 bits per heavy atom. The summed E-state index contributed by atoms with van der Waals surface area (Å²) in [6.45, 7) is 5.73. The Labute approximate surface area is 161 Å². The molecule has 2 aromatic heterocycles. The second-order valence-electron chi connectivity index (χ2n) is 7.69. The molecular weight excluding hydrogens is 366 g/mol. The van der Waals surface area contributed by atoms with Gasteiger partial charge in [0.05, 0.1) is 23.9 Å². The van der Waals surface area contributed by atoms with Crippen LogP contribution in [0.5, 0.6) is 0 Å². The predicted octanol–water partition coefficient (Wildman–Crippen LogP) is 1.61. The van der Waals surface area contributed by atoms with Gasteiger partial charge in [-0.15, -0.1) is 11.3 Å². The van der Waals surface area contributed by atoms with Crippen LogP contribution < -0.4 is 5.56 Å². The summed E-state index contributed by atoms with van der Waals surface area (Å²) in [6.07, 6.45) is 3.79. The summed E-state index contributed by atoms with van der Waals surface area (Å²) in [7, 11) is 0. The van der Waals surface area contributed by atoms with Crippen molar-refractivity contribution in [3.63, 3.8) is 0 Å². The number of hydrogen-bond donors (Lipinski definition) is 1. The average molecular weight is 391 g/mol. The van der Waals surface area contributed by atoms with Crippen LogP contribution in [0.1, 0.15) is 36.1 Å². The molecule has 2 saturated heterocycles. The first-order valence-electron chi connectivity index (χ1n) is 9.46. The van der Waals surface area contributed by atoms with Gasteiger partial charge in [-0.05, 0) is 45.1 Å². The molecule has 0 radical (unpaired) electrons. The number of fused-ring (bicyclic) bond motifs is 1. The molecule has 1 unspecified atom stereocenters. The van der Waals surface area contributed by atoms with Crippen molar-refractivity contribution < 1.29 is 14.6 Å². The van der Waals surface area contributed by atoms with E-state index in [1.807, 2.05) is 13.8 Å². The van der Waals surface area contributed by atoms with Crippen LogP contribution in [0.3, 0.4) is 0 Å². The quantitative estimate of drug-likeness (QED) is 0.859. The summed E-state index contributed by atoms with van der Waals surface area (Å²) in [4.78, 5) is 33.3. The zero-order valence-electron chi connectivity index (χ0n) is 15.7. The second-order valence-corrected chi connectivity index (χ2v) is 8.90. The standard InChI is InChI=1S/C19H25N3O4S/c1-12-13(2)27-16-15(12)18(24)22(11-20-16)10-19(25)5-7-21(8-6-19)17(23)14-4-3-9-26-14/h11,14,25H,3-10H2,1-2H3. The number of thiophene rings is 1. The van der Waals surface area contributed by atoms with Gasteiger partial charge in [0.1, 0.15) is 10.9 Å². The van der Waals surface area contributed by atoms with E-state index in [1.54, 1.807) is 4.90 Å². The summed E-state index contributed by atoms with van der Waals surface area (Å²) >= 11 is 1.52. The molecule has 1 N–H and O–H groups in total. The van der Waals surface area contributed by atoms with Gasteiger partial charge in [0.15, 0.2) is 0 Å². The number of rotatable bonds is 3. The van der Waals surface area contributed by atoms with Crippen molar-refractivity contribution in [2.75, 3.05) is 19.7 Å². The lowest BCUT2D eigenvalue weighted by Crippen LogP contribution is -2.51. The molecule has 0 bridgehead atoms. The van der Waals surface area contributed by atoms with Crippen molar-refractivity contribution in [1.82, 2.24) is 14.5 Å². The second kappa shape index (κ2) is 7.00. The van der Waals surface area contributed by atoms with E-state index in [1.165, 1.54) is 22.2 Å². The van der Waals surface area contributed by atoms with Crippen molar-refractivity contribution in [3.05, 3.63) is 27.1 Å². The van der Waals surface area contributed by atoms with Crippen molar-refractivity contribution >= 4 is 27.5 Å². The molecule has 0 aromatic carbocycles. The molecule has 27 heavy (non-hydrogen) atoms. The van der Waals surface area contributed by atoms with Gasteiger partial charge < -0.3 is 14.7 Å². The fraction of sp³-hybridized carbons (Fsp3) is 0.632. The SMILES string of the molecule is Cc1sc2ncn(CC3(O)CCN(C(=O)C4CCCO4)CC3)c(=O)c2c1C. The molecule has 146 valence electrons. The molecule has 0 aliphatic carbocycles. The lowest BCUT2D eigenvalue weighted by Gasteiger charge is -2.39. The van der Waals surface area contributed by atoms with E-state index in [0.717, 1.165) is 28.1 Å². The largest absolute Gasteiger partial charge is 0.388 e. The number of carbonyl (C=O) groups excluding carboxylic acids is 1. The molecule has 4 rings (SSSR count). The Kier molecular flexibility index (Phi) is 4.82. The smallest absolute Gasteiger partial charge is 0.262 e. The Morgan fingerprint density at radius 1 is 1.41 bits per heavy atom. The van der Waals surface area contributed by atoms with Crippen molar-refractivity contribution in [3.8, 4) is 0 Å². The molecule has 2 aliphatic rings. The molecule has 2 aromatic rings. The molecule has 0 saturated carbocycles. The number of piperidine rings is 1. The van der Waals surface area contributed by atoms with Crippen LogP contribution in [0.4, 0.5) is 0 Å². The third kappa shape index (κ3) is 3.41. The first-order chi connectivity index (χ1) is 12.9. The fourth-order valence-electron chi connectivity index (χ4n) is 3.98. The highest BCUT2D eigenvalue weighted by Crippen LogP contribution is 2.28. The molecule has 1 atom stereocenters. The molecule has 1 amide bonds. The van der Waals surface area contributed by atoms with Gasteiger partial charge in [-0.1, -0.05) is 0 Å². The van der Waals surface area contributed by atoms with Gasteiger partial charge in [-0.3, -0.25) is 14.2 Å². The lowest BCUT2D eigenvalue weighted by atomic mass is 9.91. The molecule has 8 heteroatoms. The lowest BCUT2D eigenvalue weighted by molar-refractivity contribution is -0.145. The van der Waals surface area contributed by atoms with E-state index in [4.69, 9.17) is 4.74 Å². The average Bonchev–Trinajstić information content (AvgIpc) is 3.27. The summed E-state index contributed by atoms with van der Waals surface area (Å²) in [5.41, 5.74) is -0.148. The highest BCUT2D eigenvalue weighted by Gasteiger charge is 2.37. The first-order valence-corrected chi connectivity index (χ1v) is 10.3. The number of hydrogen-bond acceptors (Lipinski definition) is 6. The highest BCUT2D eigenvalue weighted by atomic mass is 32.1. The minimum absolute atomic E-state index is 0.0270. The molecule has 7 nitrogen and oxygen atoms in total. The summed E-state index contributed by atoms with van der Waals surface area (Å²) in [6, 6.07) is 0. The maximum Gasteiger partial charge on any atom is 0.262 e. The molecule has 2 fully saturated rings. The minimum Gasteiger partial charge on any atom is -0.388 e. The van der Waals surface area contributed by atoms with Crippen LogP contribution in [-0.4, -0.2) is 56.9 Å². The van der Waals surface area contributed by atoms with Gasteiger partial charge in [0, 0.05) is 24.6 Å². The molecule has 0 spiro atoms. The first kappa shape index (κ1) is 18.6. The van der Waals surface area contributed by atoms with E-state index in [2.05, 4.69) is 4.98 Å². The van der Waals surface area contributed by atoms with Gasteiger partial charge in [-0.25, -0.2) is 4.98 Å². The third-order valence-corrected chi connectivity index (χ3v) is 6.95. The number of amides is 1. The Bertz CT molecular complexity index is 921. The van der Waals surface area contributed by atoms with Gasteiger partial charge in [0.2, 0.25) is 0 Å². The monoisotopic (exact) mass is 391 g/mol. The summed E-state index contributed by atoms with van der Waals surface area (Å²) < 4.78 is 6.99. The maximum atomic E-state index is 12.9. The normalized spacial score (nSPS) is 22.5. The van der Waals surface area contributed by atoms with Crippen LogP contribution >= 0.6 is 11.3 Å². The number of carbonyl (C=O) groups is 1. The molecule has 4 heterocycles. The zero-order valence-corrected chi connectivity index (χ0v) is 16.5. The fourth-order valence-corrected chi connectivity index (χ4v) is 4.96. The van der Waals surface area contributed by atoms with E-state index in [9.17, 15) is 14.7 Å². The number of aryl methyl sites for hydroxylation is 2. The zero-order chi connectivity index (χ0) is 19.2. The Balaban J connectivity index is 1.48. The number of likely N-dealkylation sites (tertiary alicyclic amines) is 1. The van der Waals surface area contributed by atoms with Gasteiger partial charge in [-0.2, -0.15) is 0 Å². The van der Waals surface area contributed by atoms with Crippen LogP contribution in [0.25, 0.3) is 10.2 Å². The summed E-state index contributed by atoms with van der Waals surface area (Å²) in [5.74, 6) is 0.0270. The van der Waals surface area contributed by atoms with Crippen molar-refractivity contribution in [2.45, 2.75) is 57.8 Å². The topological polar surface area (TPSA) is 84.7 Å². The third-order valence-electron chi connectivity index (χ3n) is 5.83. The number of nitrogens with zero attached hydrogens (tertiary/aromatic N) is 3. The van der Waals surface area contributed by atoms with Crippen molar-refractivity contribution in [2.24, 2.45) is 0 Å². The van der Waals surface area contributed by atoms with Crippen molar-refractivity contribution in [1.29, 1.82) is 0 Å². The number of aromatic nitrogens is 2. The molecular formula is C19H25N3O4S. The van der Waals surface area contributed by atoms with E-state index in [-0.39, 0.29) is 24.1 Å². The van der Waals surface area contributed by atoms with Crippen LogP contribution in [0, 0.1) is 13.8 Å². The van der Waals surface area contributed by atoms with E-state index < -0.39 is 5.60 Å². The van der Waals surface area contributed by atoms with Crippen LogP contribution in [0.2, 0.25) is 0 Å². The maximum absolute atomic E-state index is 12.9. The van der Waals surface area contributed by atoms with E-state index in [0.29, 0.717) is 37.9 Å². The Morgan fingerprint density at radius 3 is 2.81 bits per heavy atom. The minimum atomic E-state index is -1.01. The highest BCUT2D eigenvalue weighted by molar-refractivity contribution is 7.18. The summed E-state index contributed by atoms with van der Waals surface area (Å²) in [5, 5.41) is 11.7. The van der Waals surface area contributed by atoms with Gasteiger partial charge >= 0.3 is 0 Å². The Hall–Kier alpha value is -1.77. The van der Waals surface area contributed by atoms with Gasteiger partial charge in [0.25, 0.3) is 11.5 Å².